The van der Waals surface area contributed by atoms with Crippen molar-refractivity contribution in [2.75, 3.05) is 7.11 Å². The van der Waals surface area contributed by atoms with E-state index in [1.807, 2.05) is 6.92 Å². The molecule has 0 rings (SSSR count). The molecule has 0 saturated carbocycles. The van der Waals surface area contributed by atoms with Gasteiger partial charge < -0.3 is 9.84 Å². The molecule has 0 aromatic rings. The van der Waals surface area contributed by atoms with Crippen molar-refractivity contribution in [3.63, 3.8) is 0 Å². The fourth-order valence-electron chi connectivity index (χ4n) is 0.902. The number of aliphatic hydroxyl groups is 1. The Morgan fingerprint density at radius 1 is 1.50 bits per heavy atom. The first-order valence-electron chi connectivity index (χ1n) is 4.50. The van der Waals surface area contributed by atoms with Gasteiger partial charge in [0.1, 0.15) is 11.9 Å². The van der Waals surface area contributed by atoms with E-state index in [9.17, 15) is 9.90 Å². The van der Waals surface area contributed by atoms with Crippen LogP contribution in [0.3, 0.4) is 0 Å². The summed E-state index contributed by atoms with van der Waals surface area (Å²) in [5, 5.41) is 9.44. The first-order valence-corrected chi connectivity index (χ1v) is 4.50. The second kappa shape index (κ2) is 8.05. The monoisotopic (exact) mass is 238 g/mol. The maximum absolute atomic E-state index is 11.2. The average Bonchev–Trinajstić information content (AvgIpc) is 2.06. The normalized spacial score (nSPS) is 13.6. The minimum atomic E-state index is -0.359. The summed E-state index contributed by atoms with van der Waals surface area (Å²) in [6, 6.07) is 0. The maximum Gasteiger partial charge on any atom is 0.161 e. The zero-order valence-corrected chi connectivity index (χ0v) is 10.4. The van der Waals surface area contributed by atoms with E-state index in [1.165, 1.54) is 13.2 Å². The van der Waals surface area contributed by atoms with Gasteiger partial charge in [-0.3, -0.25) is 4.79 Å². The number of ketones is 1. The first-order chi connectivity index (χ1) is 6.02. The molecule has 0 aliphatic heterocycles. The van der Waals surface area contributed by atoms with Crippen LogP contribution >= 0.6 is 0 Å². The van der Waals surface area contributed by atoms with E-state index in [0.717, 1.165) is 0 Å². The van der Waals surface area contributed by atoms with Crippen molar-refractivity contribution in [1.29, 1.82) is 0 Å². The van der Waals surface area contributed by atoms with Gasteiger partial charge in [0.2, 0.25) is 0 Å². The minimum Gasteiger partial charge on any atom is -0.509 e. The topological polar surface area (TPSA) is 46.5 Å². The molecule has 0 spiro atoms. The SMILES string of the molecule is CCC(OC)/C(O)=C/C(=O)C(C)C.[Cr]. The van der Waals surface area contributed by atoms with Crippen LogP contribution in [0.5, 0.6) is 0 Å². The van der Waals surface area contributed by atoms with E-state index in [2.05, 4.69) is 0 Å². The summed E-state index contributed by atoms with van der Waals surface area (Å²) >= 11 is 0. The smallest absolute Gasteiger partial charge is 0.161 e. The van der Waals surface area contributed by atoms with Gasteiger partial charge in [0.25, 0.3) is 0 Å². The Morgan fingerprint density at radius 2 is 2.00 bits per heavy atom. The summed E-state index contributed by atoms with van der Waals surface area (Å²) in [5.41, 5.74) is 0. The molecule has 1 unspecified atom stereocenters. The fraction of sp³-hybridized carbons (Fsp3) is 0.700. The summed E-state index contributed by atoms with van der Waals surface area (Å²) < 4.78 is 4.97. The van der Waals surface area contributed by atoms with Crippen molar-refractivity contribution in [3.8, 4) is 0 Å². The molecule has 0 aromatic heterocycles. The van der Waals surface area contributed by atoms with Crippen molar-refractivity contribution in [3.05, 3.63) is 11.8 Å². The average molecular weight is 238 g/mol. The van der Waals surface area contributed by atoms with Crippen LogP contribution in [0, 0.1) is 5.92 Å². The molecule has 0 saturated heterocycles. The summed E-state index contributed by atoms with van der Waals surface area (Å²) in [4.78, 5) is 11.2. The van der Waals surface area contributed by atoms with Gasteiger partial charge in [0.15, 0.2) is 5.78 Å². The third kappa shape index (κ3) is 5.44. The molecule has 1 atom stereocenters. The van der Waals surface area contributed by atoms with Gasteiger partial charge in [-0.05, 0) is 6.42 Å². The summed E-state index contributed by atoms with van der Waals surface area (Å²) in [6.07, 6.45) is 1.55. The Hall–Kier alpha value is -0.298. The van der Waals surface area contributed by atoms with Crippen molar-refractivity contribution in [2.45, 2.75) is 33.3 Å². The number of hydrogen-bond donors (Lipinski definition) is 1. The Morgan fingerprint density at radius 3 is 2.29 bits per heavy atom. The molecule has 0 aliphatic rings. The molecule has 0 amide bonds. The molecule has 3 nitrogen and oxygen atoms in total. The van der Waals surface area contributed by atoms with E-state index in [-0.39, 0.29) is 40.9 Å². The first kappa shape index (κ1) is 16.1. The predicted molar refractivity (Wildman–Crippen MR) is 51.6 cm³/mol. The van der Waals surface area contributed by atoms with Crippen LogP contribution in [0.25, 0.3) is 0 Å². The summed E-state index contributed by atoms with van der Waals surface area (Å²) in [6.45, 7) is 5.47. The number of carbonyl (C=O) groups excluding carboxylic acids is 1. The molecule has 0 fully saturated rings. The quantitative estimate of drug-likeness (QED) is 0.589. The van der Waals surface area contributed by atoms with Gasteiger partial charge in [-0.25, -0.2) is 0 Å². The van der Waals surface area contributed by atoms with E-state index in [1.54, 1.807) is 13.8 Å². The van der Waals surface area contributed by atoms with Crippen LogP contribution in [0.1, 0.15) is 27.2 Å². The second-order valence-electron chi connectivity index (χ2n) is 3.26. The van der Waals surface area contributed by atoms with E-state index < -0.39 is 0 Å². The standard InChI is InChI=1S/C10H18O3.Cr/c1-5-10(13-4)9(12)6-8(11)7(2)3;/h6-7,10,12H,5H2,1-4H3;/b9-6-;. The Bertz CT molecular complexity index is 196. The van der Waals surface area contributed by atoms with Gasteiger partial charge in [-0.2, -0.15) is 0 Å². The van der Waals surface area contributed by atoms with Gasteiger partial charge in [-0.15, -0.1) is 0 Å². The number of hydrogen-bond acceptors (Lipinski definition) is 3. The van der Waals surface area contributed by atoms with Crippen molar-refractivity contribution >= 4 is 5.78 Å². The number of allylic oxidation sites excluding steroid dienone is 1. The van der Waals surface area contributed by atoms with Crippen LogP contribution < -0.4 is 0 Å². The second-order valence-corrected chi connectivity index (χ2v) is 3.26. The zero-order valence-electron chi connectivity index (χ0n) is 9.11. The zero-order chi connectivity index (χ0) is 10.4. The number of rotatable bonds is 5. The van der Waals surface area contributed by atoms with Gasteiger partial charge in [-0.1, -0.05) is 20.8 Å². The number of carbonyl (C=O) groups is 1. The van der Waals surface area contributed by atoms with E-state index in [4.69, 9.17) is 4.74 Å². The molecule has 82 valence electrons. The van der Waals surface area contributed by atoms with Crippen LogP contribution in [0.2, 0.25) is 0 Å². The Labute approximate surface area is 96.3 Å². The van der Waals surface area contributed by atoms with Crippen molar-refractivity contribution in [1.82, 2.24) is 0 Å². The van der Waals surface area contributed by atoms with Crippen LogP contribution in [0.4, 0.5) is 0 Å². The van der Waals surface area contributed by atoms with Crippen molar-refractivity contribution in [2.24, 2.45) is 5.92 Å². The summed E-state index contributed by atoms with van der Waals surface area (Å²) in [7, 11) is 1.51. The van der Waals surface area contributed by atoms with Crippen molar-refractivity contribution < 1.29 is 32.0 Å². The Balaban J connectivity index is 0. The fourth-order valence-corrected chi connectivity index (χ4v) is 0.902. The molecule has 14 heavy (non-hydrogen) atoms. The van der Waals surface area contributed by atoms with E-state index in [0.29, 0.717) is 6.42 Å². The Kier molecular flexibility index (Phi) is 9.28. The minimum absolute atomic E-state index is 0. The molecular formula is C10H18CrO3. The van der Waals surface area contributed by atoms with Crippen LogP contribution in [-0.4, -0.2) is 24.1 Å². The number of aliphatic hydroxyl groups excluding tert-OH is 1. The molecule has 1 N–H and O–H groups in total. The largest absolute Gasteiger partial charge is 0.509 e. The number of ether oxygens (including phenoxy) is 1. The van der Waals surface area contributed by atoms with E-state index >= 15 is 0 Å². The van der Waals surface area contributed by atoms with Gasteiger partial charge >= 0.3 is 0 Å². The molecule has 0 aromatic carbocycles. The maximum atomic E-state index is 11.2. The molecule has 0 aliphatic carbocycles. The molecule has 4 heteroatoms. The van der Waals surface area contributed by atoms with Crippen LogP contribution in [0.15, 0.2) is 11.8 Å². The molecule has 0 radical (unpaired) electrons. The van der Waals surface area contributed by atoms with Crippen LogP contribution in [-0.2, 0) is 26.9 Å². The summed E-state index contributed by atoms with van der Waals surface area (Å²) in [5.74, 6) is -0.145. The van der Waals surface area contributed by atoms with Gasteiger partial charge in [0.05, 0.1) is 0 Å². The van der Waals surface area contributed by atoms with Gasteiger partial charge in [0, 0.05) is 36.5 Å². The molecular weight excluding hydrogens is 220 g/mol. The molecule has 0 bridgehead atoms. The third-order valence-corrected chi connectivity index (χ3v) is 1.84. The predicted octanol–water partition coefficient (Wildman–Crippen LogP) is 2.08. The third-order valence-electron chi connectivity index (χ3n) is 1.84. The molecule has 0 heterocycles. The number of methoxy groups -OCH3 is 1.